The van der Waals surface area contributed by atoms with Gasteiger partial charge in [0.15, 0.2) is 0 Å². The van der Waals surface area contributed by atoms with Gasteiger partial charge in [0.25, 0.3) is 0 Å². The molecule has 1 unspecified atom stereocenters. The highest BCUT2D eigenvalue weighted by atomic mass is 15.4. The molecule has 0 saturated carbocycles. The largest absolute Gasteiger partial charge is 0.352 e. The number of hydrogen-bond donors (Lipinski definition) is 1. The van der Waals surface area contributed by atoms with Crippen molar-refractivity contribution in [1.29, 1.82) is 0 Å². The van der Waals surface area contributed by atoms with Crippen LogP contribution in [0, 0.1) is 0 Å². The Kier molecular flexibility index (Phi) is 0.741. The molecule has 0 aromatic rings. The highest BCUT2D eigenvalue weighted by Gasteiger charge is 2.19. The SMILES string of the molecule is C=C1NC(C)N1C. The van der Waals surface area contributed by atoms with Crippen molar-refractivity contribution in [3.05, 3.63) is 12.4 Å². The van der Waals surface area contributed by atoms with Crippen molar-refractivity contribution in [1.82, 2.24) is 10.2 Å². The van der Waals surface area contributed by atoms with Crippen molar-refractivity contribution < 1.29 is 0 Å². The predicted octanol–water partition coefficient (Wildman–Crippen LogP) is 0.339. The number of nitrogens with zero attached hydrogens (tertiary/aromatic N) is 1. The van der Waals surface area contributed by atoms with Crippen molar-refractivity contribution in [2.75, 3.05) is 7.05 Å². The zero-order valence-corrected chi connectivity index (χ0v) is 4.73. The molecule has 0 radical (unpaired) electrons. The van der Waals surface area contributed by atoms with Gasteiger partial charge in [-0.25, -0.2) is 0 Å². The third kappa shape index (κ3) is 0.463. The van der Waals surface area contributed by atoms with Crippen molar-refractivity contribution in [3.63, 3.8) is 0 Å². The molecule has 1 N–H and O–H groups in total. The molecular formula is C5H10N2. The lowest BCUT2D eigenvalue weighted by Crippen LogP contribution is -2.54. The van der Waals surface area contributed by atoms with Crippen molar-refractivity contribution in [2.24, 2.45) is 0 Å². The molecule has 7 heavy (non-hydrogen) atoms. The van der Waals surface area contributed by atoms with E-state index in [2.05, 4.69) is 23.7 Å². The van der Waals surface area contributed by atoms with Crippen LogP contribution in [0.15, 0.2) is 12.4 Å². The average molecular weight is 98.1 g/mol. The first-order valence-electron chi connectivity index (χ1n) is 2.40. The van der Waals surface area contributed by atoms with E-state index in [9.17, 15) is 0 Å². The van der Waals surface area contributed by atoms with Crippen molar-refractivity contribution in [2.45, 2.75) is 13.1 Å². The molecule has 1 aliphatic rings. The highest BCUT2D eigenvalue weighted by Crippen LogP contribution is 2.09. The van der Waals surface area contributed by atoms with Crippen LogP contribution < -0.4 is 5.32 Å². The molecule has 1 rings (SSSR count). The molecule has 0 bridgehead atoms. The molecule has 1 fully saturated rings. The Hall–Kier alpha value is -0.660. The van der Waals surface area contributed by atoms with Gasteiger partial charge in [0.2, 0.25) is 0 Å². The van der Waals surface area contributed by atoms with Gasteiger partial charge in [-0.3, -0.25) is 0 Å². The maximum atomic E-state index is 3.71. The normalized spacial score (nSPS) is 29.1. The van der Waals surface area contributed by atoms with Crippen molar-refractivity contribution >= 4 is 0 Å². The standard InChI is InChI=1S/C5H10N2/c1-4-6-5(2)7(4)3/h5-6H,1H2,2-3H3. The summed E-state index contributed by atoms with van der Waals surface area (Å²) < 4.78 is 0. The third-order valence-corrected chi connectivity index (χ3v) is 1.38. The van der Waals surface area contributed by atoms with Crippen LogP contribution in [0.3, 0.4) is 0 Å². The van der Waals surface area contributed by atoms with Gasteiger partial charge in [-0.1, -0.05) is 6.58 Å². The van der Waals surface area contributed by atoms with Crippen LogP contribution >= 0.6 is 0 Å². The second-order valence-corrected chi connectivity index (χ2v) is 1.88. The molecule has 1 heterocycles. The maximum Gasteiger partial charge on any atom is 0.0981 e. The van der Waals surface area contributed by atoms with E-state index in [0.717, 1.165) is 5.82 Å². The average Bonchev–Trinajstić information content (AvgIpc) is 1.68. The Labute approximate surface area is 43.8 Å². The minimum Gasteiger partial charge on any atom is -0.352 e. The van der Waals surface area contributed by atoms with Gasteiger partial charge >= 0.3 is 0 Å². The molecule has 40 valence electrons. The summed E-state index contributed by atoms with van der Waals surface area (Å²) in [5.41, 5.74) is 0. The summed E-state index contributed by atoms with van der Waals surface area (Å²) >= 11 is 0. The molecule has 2 nitrogen and oxygen atoms in total. The summed E-state index contributed by atoms with van der Waals surface area (Å²) in [5.74, 6) is 1.02. The summed E-state index contributed by atoms with van der Waals surface area (Å²) in [7, 11) is 2.02. The second-order valence-electron chi connectivity index (χ2n) is 1.88. The number of rotatable bonds is 0. The zero-order chi connectivity index (χ0) is 5.44. The summed E-state index contributed by atoms with van der Waals surface area (Å²) in [6.45, 7) is 5.80. The molecule has 0 aromatic carbocycles. The number of hydrogen-bond acceptors (Lipinski definition) is 2. The lowest BCUT2D eigenvalue weighted by atomic mass is 10.3. The van der Waals surface area contributed by atoms with Crippen LogP contribution in [0.25, 0.3) is 0 Å². The highest BCUT2D eigenvalue weighted by molar-refractivity contribution is 5.01. The fraction of sp³-hybridized carbons (Fsp3) is 0.600. The van der Waals surface area contributed by atoms with Gasteiger partial charge in [0.05, 0.1) is 12.0 Å². The van der Waals surface area contributed by atoms with E-state index in [1.165, 1.54) is 0 Å². The van der Waals surface area contributed by atoms with E-state index in [1.807, 2.05) is 7.05 Å². The lowest BCUT2D eigenvalue weighted by molar-refractivity contribution is 0.171. The van der Waals surface area contributed by atoms with Crippen LogP contribution in [-0.4, -0.2) is 18.1 Å². The van der Waals surface area contributed by atoms with Gasteiger partial charge in [0.1, 0.15) is 0 Å². The van der Waals surface area contributed by atoms with Gasteiger partial charge in [0, 0.05) is 7.05 Å². The fourth-order valence-corrected chi connectivity index (χ4v) is 0.607. The van der Waals surface area contributed by atoms with Gasteiger partial charge < -0.3 is 10.2 Å². The topological polar surface area (TPSA) is 15.3 Å². The molecule has 0 spiro atoms. The fourth-order valence-electron chi connectivity index (χ4n) is 0.607. The van der Waals surface area contributed by atoms with Crippen molar-refractivity contribution in [3.8, 4) is 0 Å². The van der Waals surface area contributed by atoms with Gasteiger partial charge in [-0.05, 0) is 6.92 Å². The quantitative estimate of drug-likeness (QED) is 0.470. The van der Waals surface area contributed by atoms with E-state index < -0.39 is 0 Å². The van der Waals surface area contributed by atoms with E-state index in [0.29, 0.717) is 6.17 Å². The zero-order valence-electron chi connectivity index (χ0n) is 4.73. The van der Waals surface area contributed by atoms with Crippen LogP contribution in [-0.2, 0) is 0 Å². The monoisotopic (exact) mass is 98.1 g/mol. The van der Waals surface area contributed by atoms with Crippen LogP contribution in [0.2, 0.25) is 0 Å². The smallest absolute Gasteiger partial charge is 0.0981 e. The second kappa shape index (κ2) is 1.15. The summed E-state index contributed by atoms with van der Waals surface area (Å²) in [4.78, 5) is 2.08. The first kappa shape index (κ1) is 4.50. The maximum absolute atomic E-state index is 3.71. The minimum absolute atomic E-state index is 0.493. The molecule has 1 saturated heterocycles. The van der Waals surface area contributed by atoms with Crippen LogP contribution in [0.5, 0.6) is 0 Å². The Bertz CT molecular complexity index is 98.3. The molecule has 0 amide bonds. The molecule has 0 aromatic heterocycles. The first-order valence-corrected chi connectivity index (χ1v) is 2.40. The van der Waals surface area contributed by atoms with Crippen LogP contribution in [0.1, 0.15) is 6.92 Å². The summed E-state index contributed by atoms with van der Waals surface area (Å²) in [6, 6.07) is 0. The van der Waals surface area contributed by atoms with E-state index in [1.54, 1.807) is 0 Å². The first-order chi connectivity index (χ1) is 3.22. The minimum atomic E-state index is 0.493. The Morgan fingerprint density at radius 3 is 2.43 bits per heavy atom. The predicted molar refractivity (Wildman–Crippen MR) is 29.5 cm³/mol. The third-order valence-electron chi connectivity index (χ3n) is 1.38. The molecular weight excluding hydrogens is 88.1 g/mol. The Balaban J connectivity index is 2.43. The molecule has 1 aliphatic heterocycles. The number of nitrogens with one attached hydrogen (secondary N) is 1. The van der Waals surface area contributed by atoms with Gasteiger partial charge in [-0.2, -0.15) is 0 Å². The summed E-state index contributed by atoms with van der Waals surface area (Å²) in [5, 5.41) is 3.09. The van der Waals surface area contributed by atoms with Crippen LogP contribution in [0.4, 0.5) is 0 Å². The van der Waals surface area contributed by atoms with E-state index in [-0.39, 0.29) is 0 Å². The molecule has 2 heteroatoms. The Morgan fingerprint density at radius 1 is 1.86 bits per heavy atom. The lowest BCUT2D eigenvalue weighted by Gasteiger charge is -2.41. The Morgan fingerprint density at radius 2 is 2.43 bits per heavy atom. The van der Waals surface area contributed by atoms with E-state index in [4.69, 9.17) is 0 Å². The van der Waals surface area contributed by atoms with E-state index >= 15 is 0 Å². The summed E-state index contributed by atoms with van der Waals surface area (Å²) in [6.07, 6.45) is 0.493. The molecule has 0 aliphatic carbocycles. The van der Waals surface area contributed by atoms with Gasteiger partial charge in [-0.15, -0.1) is 0 Å². The molecule has 1 atom stereocenters.